The average Bonchev–Trinajstić information content (AvgIpc) is 3.28. The molecule has 26 heavy (non-hydrogen) atoms. The minimum atomic E-state index is -0.332. The second kappa shape index (κ2) is 6.49. The molecule has 0 fully saturated rings. The first-order valence-electron chi connectivity index (χ1n) is 7.65. The molecule has 0 radical (unpaired) electrons. The molecule has 3 heterocycles. The summed E-state index contributed by atoms with van der Waals surface area (Å²) in [7, 11) is 1.61. The number of aromatic amines is 2. The van der Waals surface area contributed by atoms with Crippen LogP contribution in [0.5, 0.6) is 5.75 Å². The summed E-state index contributed by atoms with van der Waals surface area (Å²) in [6.07, 6.45) is 1.40. The maximum Gasteiger partial charge on any atom is 0.258 e. The molecule has 1 amide bonds. The van der Waals surface area contributed by atoms with E-state index in [1.54, 1.807) is 25.3 Å². The van der Waals surface area contributed by atoms with Crippen molar-refractivity contribution in [1.82, 2.24) is 25.1 Å². The van der Waals surface area contributed by atoms with Crippen molar-refractivity contribution in [2.45, 2.75) is 0 Å². The van der Waals surface area contributed by atoms with Crippen LogP contribution in [0.3, 0.4) is 0 Å². The van der Waals surface area contributed by atoms with Gasteiger partial charge < -0.3 is 15.0 Å². The lowest BCUT2D eigenvalue weighted by Crippen LogP contribution is -2.12. The molecule has 0 atom stereocenters. The molecule has 3 N–H and O–H groups in total. The molecule has 4 aromatic rings. The highest BCUT2D eigenvalue weighted by Gasteiger charge is 2.12. The van der Waals surface area contributed by atoms with Crippen LogP contribution in [0.15, 0.2) is 42.6 Å². The number of carbonyl (C=O) groups excluding carboxylic acids is 1. The molecular formula is C17H13ClN6O2. The van der Waals surface area contributed by atoms with E-state index in [1.165, 1.54) is 6.20 Å². The number of halogens is 1. The smallest absolute Gasteiger partial charge is 0.258 e. The Balaban J connectivity index is 1.56. The van der Waals surface area contributed by atoms with Crippen molar-refractivity contribution in [2.75, 3.05) is 12.4 Å². The van der Waals surface area contributed by atoms with E-state index in [1.807, 2.05) is 18.2 Å². The third-order valence-electron chi connectivity index (χ3n) is 3.75. The lowest BCUT2D eigenvalue weighted by molar-refractivity contribution is 0.102. The molecule has 130 valence electrons. The third-order valence-corrected chi connectivity index (χ3v) is 3.98. The maximum absolute atomic E-state index is 12.2. The summed E-state index contributed by atoms with van der Waals surface area (Å²) in [4.78, 5) is 23.8. The number of benzene rings is 1. The molecule has 8 nitrogen and oxygen atoms in total. The number of carbonyl (C=O) groups is 1. The predicted molar refractivity (Wildman–Crippen MR) is 97.4 cm³/mol. The lowest BCUT2D eigenvalue weighted by atomic mass is 10.2. The van der Waals surface area contributed by atoms with Crippen LogP contribution >= 0.6 is 11.6 Å². The highest BCUT2D eigenvalue weighted by Crippen LogP contribution is 2.24. The molecule has 3 aromatic heterocycles. The minimum absolute atomic E-state index is 0.324. The Bertz CT molecular complexity index is 1090. The summed E-state index contributed by atoms with van der Waals surface area (Å²) in [5.41, 5.74) is 2.67. The van der Waals surface area contributed by atoms with Gasteiger partial charge in [0.2, 0.25) is 0 Å². The van der Waals surface area contributed by atoms with Crippen LogP contribution in [0.4, 0.5) is 5.82 Å². The average molecular weight is 369 g/mol. The van der Waals surface area contributed by atoms with Gasteiger partial charge in [0.1, 0.15) is 16.6 Å². The van der Waals surface area contributed by atoms with Crippen LogP contribution in [0.1, 0.15) is 10.4 Å². The summed E-state index contributed by atoms with van der Waals surface area (Å²) in [5.74, 6) is 1.38. The number of anilines is 1. The third kappa shape index (κ3) is 3.09. The van der Waals surface area contributed by atoms with Crippen molar-refractivity contribution in [1.29, 1.82) is 0 Å². The van der Waals surface area contributed by atoms with Gasteiger partial charge in [0.25, 0.3) is 5.91 Å². The number of hydrogen-bond donors (Lipinski definition) is 3. The molecule has 1 aromatic carbocycles. The number of H-pyrrole nitrogens is 2. The van der Waals surface area contributed by atoms with Crippen molar-refractivity contribution in [3.63, 3.8) is 0 Å². The molecule has 9 heteroatoms. The van der Waals surface area contributed by atoms with Crippen LogP contribution in [-0.4, -0.2) is 38.2 Å². The van der Waals surface area contributed by atoms with Crippen molar-refractivity contribution in [3.8, 4) is 17.3 Å². The first kappa shape index (κ1) is 16.1. The predicted octanol–water partition coefficient (Wildman–Crippen LogP) is 3.26. The summed E-state index contributed by atoms with van der Waals surface area (Å²) in [5, 5.41) is 9.96. The highest BCUT2D eigenvalue weighted by atomic mass is 35.5. The Labute approximate surface area is 152 Å². The molecule has 0 spiro atoms. The first-order chi connectivity index (χ1) is 12.6. The van der Waals surface area contributed by atoms with Crippen LogP contribution in [0.25, 0.3) is 22.6 Å². The summed E-state index contributed by atoms with van der Waals surface area (Å²) >= 11 is 5.72. The van der Waals surface area contributed by atoms with Crippen LogP contribution in [0.2, 0.25) is 5.15 Å². The van der Waals surface area contributed by atoms with Gasteiger partial charge in [0.05, 0.1) is 23.7 Å². The molecule has 4 rings (SSSR count). The van der Waals surface area contributed by atoms with Gasteiger partial charge in [0, 0.05) is 18.3 Å². The van der Waals surface area contributed by atoms with Gasteiger partial charge in [-0.05, 0) is 24.3 Å². The number of nitrogens with one attached hydrogen (secondary N) is 3. The number of rotatable bonds is 4. The Morgan fingerprint density at radius 3 is 2.88 bits per heavy atom. The van der Waals surface area contributed by atoms with Gasteiger partial charge in [-0.15, -0.1) is 0 Å². The number of ether oxygens (including phenoxy) is 1. The number of amides is 1. The van der Waals surface area contributed by atoms with E-state index < -0.39 is 0 Å². The van der Waals surface area contributed by atoms with Crippen LogP contribution in [0, 0.1) is 0 Å². The Morgan fingerprint density at radius 1 is 1.23 bits per heavy atom. The molecular weight excluding hydrogens is 356 g/mol. The fraction of sp³-hybridized carbons (Fsp3) is 0.0588. The van der Waals surface area contributed by atoms with Crippen molar-refractivity contribution < 1.29 is 9.53 Å². The summed E-state index contributed by atoms with van der Waals surface area (Å²) in [6.45, 7) is 0. The van der Waals surface area contributed by atoms with Gasteiger partial charge in [-0.3, -0.25) is 9.89 Å². The molecule has 0 aliphatic rings. The van der Waals surface area contributed by atoms with Crippen LogP contribution in [-0.2, 0) is 0 Å². The Morgan fingerprint density at radius 2 is 2.12 bits per heavy atom. The molecule has 0 aliphatic carbocycles. The molecule has 0 aliphatic heterocycles. The zero-order chi connectivity index (χ0) is 18.1. The highest BCUT2D eigenvalue weighted by molar-refractivity contribution is 6.29. The second-order valence-corrected chi connectivity index (χ2v) is 5.85. The number of methoxy groups -OCH3 is 1. The van der Waals surface area contributed by atoms with E-state index in [4.69, 9.17) is 16.3 Å². The number of fused-ring (bicyclic) bond motifs is 1. The number of imidazole rings is 1. The molecule has 0 saturated heterocycles. The first-order valence-corrected chi connectivity index (χ1v) is 8.02. The monoisotopic (exact) mass is 368 g/mol. The van der Waals surface area contributed by atoms with Crippen molar-refractivity contribution in [3.05, 3.63) is 53.3 Å². The zero-order valence-corrected chi connectivity index (χ0v) is 14.3. The number of hydrogen-bond acceptors (Lipinski definition) is 5. The van der Waals surface area contributed by atoms with E-state index in [2.05, 4.69) is 30.5 Å². The van der Waals surface area contributed by atoms with Gasteiger partial charge in [-0.1, -0.05) is 11.6 Å². The van der Waals surface area contributed by atoms with E-state index in [-0.39, 0.29) is 5.91 Å². The summed E-state index contributed by atoms with van der Waals surface area (Å²) in [6, 6.07) is 10.4. The van der Waals surface area contributed by atoms with Crippen LogP contribution < -0.4 is 10.1 Å². The van der Waals surface area contributed by atoms with E-state index >= 15 is 0 Å². The number of pyridine rings is 1. The number of aromatic nitrogens is 5. The lowest BCUT2D eigenvalue weighted by Gasteiger charge is -2.00. The van der Waals surface area contributed by atoms with Gasteiger partial charge >= 0.3 is 0 Å². The van der Waals surface area contributed by atoms with E-state index in [0.29, 0.717) is 28.1 Å². The zero-order valence-electron chi connectivity index (χ0n) is 13.6. The fourth-order valence-corrected chi connectivity index (χ4v) is 2.56. The number of nitrogens with zero attached hydrogens (tertiary/aromatic N) is 3. The van der Waals surface area contributed by atoms with Crippen molar-refractivity contribution >= 4 is 34.4 Å². The minimum Gasteiger partial charge on any atom is -0.497 e. The standard InChI is InChI=1S/C17H13ClN6O2/c1-26-10-3-4-11-12(6-10)21-16(20-11)13-7-15(24-23-13)22-17(25)9-2-5-14(18)19-8-9/h2-8H,1H3,(H,20,21)(H2,22,23,24,25). The Hall–Kier alpha value is -3.39. The quantitative estimate of drug-likeness (QED) is 0.479. The topological polar surface area (TPSA) is 109 Å². The largest absolute Gasteiger partial charge is 0.497 e. The molecule has 0 unspecified atom stereocenters. The van der Waals surface area contributed by atoms with E-state index in [9.17, 15) is 4.79 Å². The van der Waals surface area contributed by atoms with Gasteiger partial charge in [0.15, 0.2) is 11.6 Å². The maximum atomic E-state index is 12.2. The molecule has 0 saturated carbocycles. The fourth-order valence-electron chi connectivity index (χ4n) is 2.45. The second-order valence-electron chi connectivity index (χ2n) is 5.46. The SMILES string of the molecule is COc1ccc2nc(-c3cc(NC(=O)c4ccc(Cl)nc4)n[nH]3)[nH]c2c1. The van der Waals surface area contributed by atoms with Gasteiger partial charge in [-0.25, -0.2) is 9.97 Å². The van der Waals surface area contributed by atoms with Crippen molar-refractivity contribution in [2.24, 2.45) is 0 Å². The van der Waals surface area contributed by atoms with E-state index in [0.717, 1.165) is 16.8 Å². The summed E-state index contributed by atoms with van der Waals surface area (Å²) < 4.78 is 5.21. The van der Waals surface area contributed by atoms with Gasteiger partial charge in [-0.2, -0.15) is 5.10 Å². The normalized spacial score (nSPS) is 10.8. The Kier molecular flexibility index (Phi) is 4.02. The molecule has 0 bridgehead atoms.